The standard InChI is InChI=1S/C38H38F2N10O3/c1-23-27-7-6-24(17-32(27)46(2)44-23)28-19-29(25-5-4-10-49(22-25)34(51)8-11-50-12-9-42-45-50)35(40)36-30(28)20-31(43-36)38(52)48-15-13-47(14-16-48)37-33(53-3)18-26(39)21-41-37/h5-7,9,12,17-21,43H,4,8,10-11,13-16,22H2,1-3H3. The van der Waals surface area contributed by atoms with Crippen LogP contribution < -0.4 is 9.64 Å². The predicted molar refractivity (Wildman–Crippen MR) is 195 cm³/mol. The molecule has 0 aliphatic carbocycles. The molecule has 15 heteroatoms. The number of aromatic amines is 1. The van der Waals surface area contributed by atoms with Crippen molar-refractivity contribution in [3.63, 3.8) is 0 Å². The van der Waals surface area contributed by atoms with E-state index in [9.17, 15) is 14.0 Å². The van der Waals surface area contributed by atoms with Gasteiger partial charge in [0.1, 0.15) is 11.5 Å². The summed E-state index contributed by atoms with van der Waals surface area (Å²) in [5.41, 5.74) is 4.99. The van der Waals surface area contributed by atoms with E-state index >= 15 is 4.39 Å². The van der Waals surface area contributed by atoms with E-state index in [1.165, 1.54) is 13.2 Å². The number of methoxy groups -OCH3 is 1. The van der Waals surface area contributed by atoms with Crippen molar-refractivity contribution >= 4 is 45.0 Å². The zero-order chi connectivity index (χ0) is 36.8. The third kappa shape index (κ3) is 6.36. The van der Waals surface area contributed by atoms with Gasteiger partial charge in [0.15, 0.2) is 17.4 Å². The van der Waals surface area contributed by atoms with Crippen LogP contribution in [0.25, 0.3) is 38.5 Å². The second kappa shape index (κ2) is 13.8. The summed E-state index contributed by atoms with van der Waals surface area (Å²) in [7, 11) is 3.36. The van der Waals surface area contributed by atoms with Gasteiger partial charge in [0, 0.05) is 81.3 Å². The number of fused-ring (bicyclic) bond motifs is 2. The van der Waals surface area contributed by atoms with Gasteiger partial charge in [-0.05, 0) is 48.2 Å². The molecule has 0 atom stereocenters. The molecule has 1 N–H and O–H groups in total. The van der Waals surface area contributed by atoms with Crippen LogP contribution in [0, 0.1) is 18.6 Å². The number of carbonyl (C=O) groups is 2. The molecular weight excluding hydrogens is 682 g/mol. The monoisotopic (exact) mass is 720 g/mol. The van der Waals surface area contributed by atoms with Gasteiger partial charge >= 0.3 is 0 Å². The van der Waals surface area contributed by atoms with Gasteiger partial charge in [-0.3, -0.25) is 19.0 Å². The van der Waals surface area contributed by atoms with Crippen molar-refractivity contribution in [1.29, 1.82) is 0 Å². The average Bonchev–Trinajstić information content (AvgIpc) is 3.94. The Morgan fingerprint density at radius 2 is 1.81 bits per heavy atom. The third-order valence-corrected chi connectivity index (χ3v) is 10.2. The number of nitrogens with zero attached hydrogens (tertiary/aromatic N) is 9. The Bertz CT molecular complexity index is 2390. The van der Waals surface area contributed by atoms with E-state index in [2.05, 4.69) is 25.4 Å². The summed E-state index contributed by atoms with van der Waals surface area (Å²) >= 11 is 0. The number of halogens is 2. The van der Waals surface area contributed by atoms with E-state index in [0.717, 1.165) is 33.9 Å². The van der Waals surface area contributed by atoms with Gasteiger partial charge in [-0.15, -0.1) is 5.10 Å². The SMILES string of the molecule is COc1cc(F)cnc1N1CCN(C(=O)c2cc3c(-c4ccc5c(C)nn(C)c5c4)cc(C4=CCCN(C(=O)CCn5ccnn5)C4)c(F)c3[nH]2)CC1. The van der Waals surface area contributed by atoms with Crippen molar-refractivity contribution in [3.8, 4) is 16.9 Å². The highest BCUT2D eigenvalue weighted by Gasteiger charge is 2.29. The summed E-state index contributed by atoms with van der Waals surface area (Å²) in [5.74, 6) is -0.446. The van der Waals surface area contributed by atoms with E-state index in [1.807, 2.05) is 53.9 Å². The van der Waals surface area contributed by atoms with Crippen LogP contribution in [0.1, 0.15) is 34.6 Å². The zero-order valence-corrected chi connectivity index (χ0v) is 29.6. The Hall–Kier alpha value is -6.12. The third-order valence-electron chi connectivity index (χ3n) is 10.2. The molecule has 0 radical (unpaired) electrons. The van der Waals surface area contributed by atoms with Gasteiger partial charge in [0.25, 0.3) is 5.91 Å². The number of anilines is 1. The van der Waals surface area contributed by atoms with Crippen LogP contribution in [0.4, 0.5) is 14.6 Å². The van der Waals surface area contributed by atoms with E-state index in [-0.39, 0.29) is 36.0 Å². The molecule has 8 rings (SSSR count). The van der Waals surface area contributed by atoms with E-state index in [4.69, 9.17) is 4.74 Å². The van der Waals surface area contributed by atoms with Gasteiger partial charge < -0.3 is 24.4 Å². The lowest BCUT2D eigenvalue weighted by Crippen LogP contribution is -2.49. The van der Waals surface area contributed by atoms with E-state index in [1.54, 1.807) is 32.9 Å². The summed E-state index contributed by atoms with van der Waals surface area (Å²) in [6.07, 6.45) is 7.24. The molecule has 2 aliphatic rings. The van der Waals surface area contributed by atoms with Crippen molar-refractivity contribution in [3.05, 3.63) is 89.7 Å². The number of nitrogens with one attached hydrogen (secondary N) is 1. The number of hydrogen-bond donors (Lipinski definition) is 1. The number of pyridine rings is 1. The first kappa shape index (κ1) is 34.0. The minimum atomic E-state index is -0.492. The quantitative estimate of drug-likeness (QED) is 0.233. The van der Waals surface area contributed by atoms with Crippen molar-refractivity contribution < 1.29 is 23.1 Å². The highest BCUT2D eigenvalue weighted by atomic mass is 19.1. The van der Waals surface area contributed by atoms with Gasteiger partial charge in [-0.1, -0.05) is 23.4 Å². The normalized spacial score (nSPS) is 15.0. The first-order chi connectivity index (χ1) is 25.7. The molecule has 272 valence electrons. The number of rotatable bonds is 8. The molecule has 6 aromatic rings. The Kier molecular flexibility index (Phi) is 8.84. The average molecular weight is 721 g/mol. The molecule has 6 heterocycles. The van der Waals surface area contributed by atoms with Crippen molar-refractivity contribution in [2.45, 2.75) is 26.3 Å². The molecule has 2 aromatic carbocycles. The predicted octanol–water partition coefficient (Wildman–Crippen LogP) is 4.97. The molecule has 2 aliphatic heterocycles. The molecule has 0 saturated carbocycles. The molecule has 4 aromatic heterocycles. The first-order valence-corrected chi connectivity index (χ1v) is 17.5. The molecule has 0 bridgehead atoms. The van der Waals surface area contributed by atoms with Crippen LogP contribution in [0.2, 0.25) is 0 Å². The van der Waals surface area contributed by atoms with Crippen LogP contribution in [0.5, 0.6) is 5.75 Å². The fourth-order valence-electron chi connectivity index (χ4n) is 7.42. The van der Waals surface area contributed by atoms with Crippen molar-refractivity contribution in [2.75, 3.05) is 51.3 Å². The Balaban J connectivity index is 1.12. The number of piperazine rings is 1. The maximum Gasteiger partial charge on any atom is 0.270 e. The van der Waals surface area contributed by atoms with E-state index < -0.39 is 11.6 Å². The summed E-state index contributed by atoms with van der Waals surface area (Å²) < 4.78 is 39.4. The number of aromatic nitrogens is 7. The number of hydrogen-bond acceptors (Lipinski definition) is 8. The molecular formula is C38H38F2N10O3. The highest BCUT2D eigenvalue weighted by molar-refractivity contribution is 6.05. The lowest BCUT2D eigenvalue weighted by atomic mass is 9.92. The summed E-state index contributed by atoms with van der Waals surface area (Å²) in [6, 6.07) is 10.9. The van der Waals surface area contributed by atoms with Crippen molar-refractivity contribution in [2.24, 2.45) is 7.05 Å². The second-order valence-electron chi connectivity index (χ2n) is 13.4. The minimum absolute atomic E-state index is 0.0497. The minimum Gasteiger partial charge on any atom is -0.493 e. The van der Waals surface area contributed by atoms with Gasteiger partial charge in [0.05, 0.1) is 42.8 Å². The molecule has 1 saturated heterocycles. The maximum absolute atomic E-state index is 16.8. The van der Waals surface area contributed by atoms with Crippen LogP contribution >= 0.6 is 0 Å². The topological polar surface area (TPSA) is 130 Å². The number of benzene rings is 2. The number of carbonyl (C=O) groups excluding carboxylic acids is 2. The zero-order valence-electron chi connectivity index (χ0n) is 29.6. The van der Waals surface area contributed by atoms with Crippen LogP contribution in [0.15, 0.2) is 61.1 Å². The molecule has 2 amide bonds. The van der Waals surface area contributed by atoms with Crippen LogP contribution in [-0.2, 0) is 18.4 Å². The molecule has 0 spiro atoms. The van der Waals surface area contributed by atoms with Gasteiger partial charge in [-0.25, -0.2) is 13.8 Å². The lowest BCUT2D eigenvalue weighted by molar-refractivity contribution is -0.131. The fourth-order valence-corrected chi connectivity index (χ4v) is 7.42. The van der Waals surface area contributed by atoms with E-state index in [0.29, 0.717) is 73.8 Å². The molecule has 0 unspecified atom stereocenters. The summed E-state index contributed by atoms with van der Waals surface area (Å²) in [5, 5.41) is 13.9. The smallest absolute Gasteiger partial charge is 0.270 e. The molecule has 1 fully saturated rings. The molecule has 53 heavy (non-hydrogen) atoms. The highest BCUT2D eigenvalue weighted by Crippen LogP contribution is 2.38. The van der Waals surface area contributed by atoms with Gasteiger partial charge in [0.2, 0.25) is 5.91 Å². The lowest BCUT2D eigenvalue weighted by Gasteiger charge is -2.35. The summed E-state index contributed by atoms with van der Waals surface area (Å²) in [6.45, 7) is 4.81. The molecule has 13 nitrogen and oxygen atoms in total. The van der Waals surface area contributed by atoms with Crippen LogP contribution in [-0.4, -0.2) is 103 Å². The Morgan fingerprint density at radius 1 is 0.981 bits per heavy atom. The number of amides is 2. The fraction of sp³-hybridized carbons (Fsp3) is 0.316. The summed E-state index contributed by atoms with van der Waals surface area (Å²) in [4.78, 5) is 40.0. The maximum atomic E-state index is 16.8. The Morgan fingerprint density at radius 3 is 2.58 bits per heavy atom. The largest absolute Gasteiger partial charge is 0.493 e. The van der Waals surface area contributed by atoms with Gasteiger partial charge in [-0.2, -0.15) is 5.10 Å². The van der Waals surface area contributed by atoms with Crippen LogP contribution in [0.3, 0.4) is 0 Å². The number of H-pyrrole nitrogens is 1. The number of aryl methyl sites for hydroxylation is 3. The second-order valence-corrected chi connectivity index (χ2v) is 13.4. The Labute approximate surface area is 303 Å². The van der Waals surface area contributed by atoms with Crippen molar-refractivity contribution in [1.82, 2.24) is 44.5 Å². The number of ether oxygens (including phenoxy) is 1. The first-order valence-electron chi connectivity index (χ1n) is 17.5.